The van der Waals surface area contributed by atoms with Gasteiger partial charge in [-0.3, -0.25) is 4.21 Å². The Morgan fingerprint density at radius 3 is 2.84 bits per heavy atom. The number of hydrogen-bond donors (Lipinski definition) is 1. The van der Waals surface area contributed by atoms with E-state index < -0.39 is 16.6 Å². The Morgan fingerprint density at radius 2 is 2.21 bits per heavy atom. The van der Waals surface area contributed by atoms with E-state index in [9.17, 15) is 8.60 Å². The Hall–Kier alpha value is -1.83. The lowest BCUT2D eigenvalue weighted by Crippen LogP contribution is -2.15. The molecule has 6 nitrogen and oxygen atoms in total. The second-order valence-electron chi connectivity index (χ2n) is 4.31. The van der Waals surface area contributed by atoms with Crippen LogP contribution in [-0.2, 0) is 10.8 Å². The van der Waals surface area contributed by atoms with Crippen molar-refractivity contribution >= 4 is 16.5 Å². The largest absolute Gasteiger partial charge is 0.399 e. The van der Waals surface area contributed by atoms with E-state index in [0.29, 0.717) is 22.8 Å². The summed E-state index contributed by atoms with van der Waals surface area (Å²) in [6.07, 6.45) is 1.61. The molecule has 0 spiro atoms. The third-order valence-electron chi connectivity index (χ3n) is 2.56. The van der Waals surface area contributed by atoms with E-state index in [2.05, 4.69) is 15.5 Å². The molecule has 0 saturated heterocycles. The molecule has 102 valence electrons. The molecule has 0 aliphatic rings. The molecule has 0 amide bonds. The van der Waals surface area contributed by atoms with Gasteiger partial charge in [0.2, 0.25) is 0 Å². The quantitative estimate of drug-likeness (QED) is 0.846. The number of nitrogens with two attached hydrogens (primary N) is 1. The molecule has 2 rings (SSSR count). The fraction of sp³-hybridized carbons (Fsp3) is 0.364. The summed E-state index contributed by atoms with van der Waals surface area (Å²) in [6.45, 7) is 1.85. The van der Waals surface area contributed by atoms with Crippen molar-refractivity contribution in [2.75, 3.05) is 17.7 Å². The Labute approximate surface area is 112 Å². The van der Waals surface area contributed by atoms with Crippen molar-refractivity contribution in [1.29, 1.82) is 0 Å². The van der Waals surface area contributed by atoms with Crippen molar-refractivity contribution in [3.05, 3.63) is 24.0 Å². The summed E-state index contributed by atoms with van der Waals surface area (Å²) >= 11 is 0. The summed E-state index contributed by atoms with van der Waals surface area (Å²) < 4.78 is 26.1. The highest BCUT2D eigenvalue weighted by Gasteiger charge is 2.16. The van der Waals surface area contributed by atoms with Gasteiger partial charge in [0.25, 0.3) is 0 Å². The van der Waals surface area contributed by atoms with Gasteiger partial charge in [0, 0.05) is 34.1 Å². The number of hydrogen-bond acceptors (Lipinski definition) is 5. The molecule has 0 saturated carbocycles. The first-order chi connectivity index (χ1) is 8.97. The van der Waals surface area contributed by atoms with Crippen molar-refractivity contribution < 1.29 is 8.60 Å². The second-order valence-corrected chi connectivity index (χ2v) is 5.79. The molecule has 2 unspecified atom stereocenters. The van der Waals surface area contributed by atoms with Crippen molar-refractivity contribution in [2.24, 2.45) is 0 Å². The van der Waals surface area contributed by atoms with Crippen LogP contribution in [0.1, 0.15) is 13.0 Å². The number of rotatable bonds is 4. The van der Waals surface area contributed by atoms with Crippen molar-refractivity contribution in [3.63, 3.8) is 0 Å². The van der Waals surface area contributed by atoms with Gasteiger partial charge in [-0.1, -0.05) is 0 Å². The summed E-state index contributed by atoms with van der Waals surface area (Å²) in [7, 11) is -0.969. The lowest BCUT2D eigenvalue weighted by Gasteiger charge is -2.12. The summed E-state index contributed by atoms with van der Waals surface area (Å²) in [5.41, 5.74) is 6.40. The first-order valence-electron chi connectivity index (χ1n) is 5.61. The molecule has 0 radical (unpaired) electrons. The van der Waals surface area contributed by atoms with Gasteiger partial charge in [-0.15, -0.1) is 5.10 Å². The molecule has 0 aliphatic carbocycles. The number of nitrogen functional groups attached to an aromatic ring is 1. The first-order valence-corrected chi connectivity index (χ1v) is 7.34. The monoisotopic (exact) mass is 283 g/mol. The predicted octanol–water partition coefficient (Wildman–Crippen LogP) is 1.00. The van der Waals surface area contributed by atoms with Crippen molar-refractivity contribution in [1.82, 2.24) is 20.2 Å². The lowest BCUT2D eigenvalue weighted by molar-refractivity contribution is 0.521. The van der Waals surface area contributed by atoms with Crippen LogP contribution in [-0.4, -0.2) is 36.4 Å². The molecule has 1 heterocycles. The number of aromatic nitrogens is 4. The van der Waals surface area contributed by atoms with E-state index in [-0.39, 0.29) is 6.04 Å². The van der Waals surface area contributed by atoms with E-state index in [4.69, 9.17) is 5.73 Å². The zero-order valence-electron chi connectivity index (χ0n) is 10.6. The molecule has 19 heavy (non-hydrogen) atoms. The number of benzene rings is 1. The topological polar surface area (TPSA) is 86.7 Å². The van der Waals surface area contributed by atoms with Crippen LogP contribution in [0.15, 0.2) is 18.2 Å². The average Bonchev–Trinajstić information content (AvgIpc) is 2.75. The fourth-order valence-electron chi connectivity index (χ4n) is 1.83. The molecule has 0 aliphatic heterocycles. The van der Waals surface area contributed by atoms with E-state index in [1.807, 2.05) is 6.92 Å². The third-order valence-corrected chi connectivity index (χ3v) is 3.52. The Bertz CT molecular complexity index is 595. The standard InChI is InChI=1S/C11H14FN5OS/c1-7(6-19(2)18)17-11(14-15-16-17)8-3-9(12)5-10(13)4-8/h3-5,7H,6,13H2,1-2H3. The van der Waals surface area contributed by atoms with Crippen LogP contribution in [0.5, 0.6) is 0 Å². The van der Waals surface area contributed by atoms with E-state index in [0.717, 1.165) is 0 Å². The minimum atomic E-state index is -0.969. The molecular weight excluding hydrogens is 269 g/mol. The maximum absolute atomic E-state index is 13.4. The normalized spacial score (nSPS) is 14.3. The molecule has 1 aromatic carbocycles. The number of anilines is 1. The van der Waals surface area contributed by atoms with Crippen LogP contribution < -0.4 is 5.73 Å². The number of tetrazole rings is 1. The van der Waals surface area contributed by atoms with E-state index in [1.54, 1.807) is 12.3 Å². The third kappa shape index (κ3) is 3.14. The van der Waals surface area contributed by atoms with Crippen LogP contribution in [0.4, 0.5) is 10.1 Å². The summed E-state index contributed by atoms with van der Waals surface area (Å²) in [4.78, 5) is 0. The van der Waals surface area contributed by atoms with E-state index in [1.165, 1.54) is 16.8 Å². The molecule has 2 aromatic rings. The number of halogens is 1. The highest BCUT2D eigenvalue weighted by Crippen LogP contribution is 2.22. The SMILES string of the molecule is CC(CS(C)=O)n1nnnc1-c1cc(N)cc(F)c1. The Balaban J connectivity index is 2.41. The van der Waals surface area contributed by atoms with Gasteiger partial charge in [-0.25, -0.2) is 9.07 Å². The van der Waals surface area contributed by atoms with Gasteiger partial charge in [0.15, 0.2) is 5.82 Å². The van der Waals surface area contributed by atoms with Crippen molar-refractivity contribution in [2.45, 2.75) is 13.0 Å². The van der Waals surface area contributed by atoms with Gasteiger partial charge >= 0.3 is 0 Å². The smallest absolute Gasteiger partial charge is 0.182 e. The van der Waals surface area contributed by atoms with Gasteiger partial charge in [0.05, 0.1) is 6.04 Å². The minimum Gasteiger partial charge on any atom is -0.399 e. The maximum atomic E-state index is 13.4. The Kier molecular flexibility index (Phi) is 3.89. The van der Waals surface area contributed by atoms with Crippen LogP contribution in [0, 0.1) is 5.82 Å². The second kappa shape index (κ2) is 5.43. The highest BCUT2D eigenvalue weighted by molar-refractivity contribution is 7.84. The molecular formula is C11H14FN5OS. The average molecular weight is 283 g/mol. The first kappa shape index (κ1) is 13.6. The minimum absolute atomic E-state index is 0.152. The number of nitrogens with zero attached hydrogens (tertiary/aromatic N) is 4. The highest BCUT2D eigenvalue weighted by atomic mass is 32.2. The van der Waals surface area contributed by atoms with Crippen LogP contribution in [0.3, 0.4) is 0 Å². The van der Waals surface area contributed by atoms with Crippen molar-refractivity contribution in [3.8, 4) is 11.4 Å². The lowest BCUT2D eigenvalue weighted by atomic mass is 10.2. The molecule has 8 heteroatoms. The van der Waals surface area contributed by atoms with Gasteiger partial charge in [-0.2, -0.15) is 0 Å². The van der Waals surface area contributed by atoms with Gasteiger partial charge in [-0.05, 0) is 35.5 Å². The molecule has 2 atom stereocenters. The predicted molar refractivity (Wildman–Crippen MR) is 71.3 cm³/mol. The Morgan fingerprint density at radius 1 is 1.47 bits per heavy atom. The van der Waals surface area contributed by atoms with Crippen LogP contribution in [0.25, 0.3) is 11.4 Å². The maximum Gasteiger partial charge on any atom is 0.182 e. The van der Waals surface area contributed by atoms with E-state index >= 15 is 0 Å². The fourth-order valence-corrected chi connectivity index (χ4v) is 2.65. The van der Waals surface area contributed by atoms with Gasteiger partial charge in [0.1, 0.15) is 5.82 Å². The van der Waals surface area contributed by atoms with Crippen LogP contribution >= 0.6 is 0 Å². The molecule has 2 N–H and O–H groups in total. The molecule has 1 aromatic heterocycles. The summed E-state index contributed by atoms with van der Waals surface area (Å²) in [5, 5.41) is 11.3. The molecule has 0 fully saturated rings. The van der Waals surface area contributed by atoms with Gasteiger partial charge < -0.3 is 5.73 Å². The zero-order chi connectivity index (χ0) is 14.0. The molecule has 0 bridgehead atoms. The zero-order valence-corrected chi connectivity index (χ0v) is 11.4. The summed E-state index contributed by atoms with van der Waals surface area (Å²) in [5.74, 6) is 0.378. The summed E-state index contributed by atoms with van der Waals surface area (Å²) in [6, 6.07) is 3.98. The van der Waals surface area contributed by atoms with Crippen LogP contribution in [0.2, 0.25) is 0 Å².